The molecular weight excluding hydrogens is 476 g/mol. The van der Waals surface area contributed by atoms with Gasteiger partial charge in [0, 0.05) is 29.2 Å². The fourth-order valence-corrected chi connectivity index (χ4v) is 6.13. The number of nitrogens with zero attached hydrogens (tertiary/aromatic N) is 2. The smallest absolute Gasteiger partial charge is 0.264 e. The van der Waals surface area contributed by atoms with Gasteiger partial charge in [0.25, 0.3) is 15.9 Å². The molecule has 5 rings (SSSR count). The van der Waals surface area contributed by atoms with Gasteiger partial charge in [0.05, 0.1) is 17.2 Å². The Morgan fingerprint density at radius 3 is 2.42 bits per heavy atom. The van der Waals surface area contributed by atoms with E-state index in [0.29, 0.717) is 24.7 Å². The molecule has 1 fully saturated rings. The highest BCUT2D eigenvalue weighted by atomic mass is 32.2. The maximum Gasteiger partial charge on any atom is 0.264 e. The number of amides is 1. The molecule has 0 atom stereocenters. The van der Waals surface area contributed by atoms with E-state index >= 15 is 0 Å². The van der Waals surface area contributed by atoms with Crippen molar-refractivity contribution in [3.63, 3.8) is 0 Å². The van der Waals surface area contributed by atoms with E-state index in [-0.39, 0.29) is 27.7 Å². The Kier molecular flexibility index (Phi) is 6.42. The lowest BCUT2D eigenvalue weighted by atomic mass is 9.74. The molecule has 8 nitrogen and oxygen atoms in total. The number of carbonyl (C=O) groups is 1. The number of hydrogen-bond acceptors (Lipinski definition) is 6. The SMILES string of the molecule is Cc1cccc(C)c1-c1cc2nc(n1)NS(=O)(=O)c1cccc(c1)C(=O)NCC1(CCCCC1)CO2. The summed E-state index contributed by atoms with van der Waals surface area (Å²) in [6.07, 6.45) is 5.16. The van der Waals surface area contributed by atoms with E-state index in [9.17, 15) is 13.2 Å². The summed E-state index contributed by atoms with van der Waals surface area (Å²) < 4.78 is 35.2. The van der Waals surface area contributed by atoms with Crippen LogP contribution < -0.4 is 14.8 Å². The van der Waals surface area contributed by atoms with E-state index in [1.165, 1.54) is 12.1 Å². The Balaban J connectivity index is 1.64. The van der Waals surface area contributed by atoms with Crippen LogP contribution in [0.15, 0.2) is 53.4 Å². The van der Waals surface area contributed by atoms with Crippen molar-refractivity contribution >= 4 is 21.9 Å². The Morgan fingerprint density at radius 1 is 0.944 bits per heavy atom. The molecule has 188 valence electrons. The van der Waals surface area contributed by atoms with Crippen LogP contribution in [0.25, 0.3) is 11.3 Å². The number of nitrogens with one attached hydrogen (secondary N) is 2. The maximum atomic E-state index is 13.2. The van der Waals surface area contributed by atoms with Crippen molar-refractivity contribution in [2.45, 2.75) is 50.8 Å². The molecule has 0 saturated heterocycles. The zero-order chi connectivity index (χ0) is 25.3. The molecule has 2 aromatic carbocycles. The van der Waals surface area contributed by atoms with Gasteiger partial charge in [0.15, 0.2) is 0 Å². The number of fused-ring (bicyclic) bond motifs is 4. The molecule has 9 heteroatoms. The molecule has 4 bridgehead atoms. The lowest BCUT2D eigenvalue weighted by molar-refractivity contribution is 0.0777. The molecular formula is C27H30N4O4S. The molecule has 0 unspecified atom stereocenters. The number of ether oxygens (including phenoxy) is 1. The van der Waals surface area contributed by atoms with Gasteiger partial charge < -0.3 is 10.1 Å². The number of aromatic nitrogens is 2. The zero-order valence-electron chi connectivity index (χ0n) is 20.5. The highest BCUT2D eigenvalue weighted by Gasteiger charge is 2.34. The van der Waals surface area contributed by atoms with Crippen LogP contribution in [0.5, 0.6) is 5.88 Å². The quantitative estimate of drug-likeness (QED) is 0.498. The van der Waals surface area contributed by atoms with Crippen LogP contribution in [0.3, 0.4) is 0 Å². The average Bonchev–Trinajstić information content (AvgIpc) is 2.86. The molecule has 1 aromatic heterocycles. The number of sulfonamides is 1. The minimum Gasteiger partial charge on any atom is -0.477 e. The van der Waals surface area contributed by atoms with Gasteiger partial charge in [-0.2, -0.15) is 4.98 Å². The number of aryl methyl sites for hydroxylation is 2. The lowest BCUT2D eigenvalue weighted by Gasteiger charge is -2.37. The first-order valence-corrected chi connectivity index (χ1v) is 13.7. The third-order valence-corrected chi connectivity index (χ3v) is 8.46. The largest absolute Gasteiger partial charge is 0.477 e. The lowest BCUT2D eigenvalue weighted by Crippen LogP contribution is -2.43. The molecule has 1 saturated carbocycles. The minimum atomic E-state index is -4.05. The number of anilines is 1. The van der Waals surface area contributed by atoms with E-state index in [0.717, 1.165) is 48.8 Å². The minimum absolute atomic E-state index is 0.0388. The molecule has 2 aliphatic rings. The third kappa shape index (κ3) is 4.93. The zero-order valence-corrected chi connectivity index (χ0v) is 21.3. The van der Waals surface area contributed by atoms with Gasteiger partial charge in [-0.15, -0.1) is 0 Å². The number of carbonyl (C=O) groups excluding carboxylic acids is 1. The van der Waals surface area contributed by atoms with Gasteiger partial charge in [-0.25, -0.2) is 18.1 Å². The molecule has 36 heavy (non-hydrogen) atoms. The van der Waals surface area contributed by atoms with Crippen LogP contribution in [0, 0.1) is 19.3 Å². The van der Waals surface area contributed by atoms with Crippen LogP contribution in [0.1, 0.15) is 53.6 Å². The molecule has 1 aliphatic carbocycles. The van der Waals surface area contributed by atoms with Crippen LogP contribution in [0.2, 0.25) is 0 Å². The van der Waals surface area contributed by atoms with Gasteiger partial charge >= 0.3 is 0 Å². The first-order chi connectivity index (χ1) is 17.2. The summed E-state index contributed by atoms with van der Waals surface area (Å²) in [4.78, 5) is 21.9. The predicted octanol–water partition coefficient (Wildman–Crippen LogP) is 4.63. The molecule has 2 N–H and O–H groups in total. The van der Waals surface area contributed by atoms with Crippen molar-refractivity contribution < 1.29 is 17.9 Å². The fourth-order valence-electron chi connectivity index (χ4n) is 5.15. The molecule has 0 radical (unpaired) electrons. The van der Waals surface area contributed by atoms with Crippen LogP contribution >= 0.6 is 0 Å². The summed E-state index contributed by atoms with van der Waals surface area (Å²) >= 11 is 0. The second kappa shape index (κ2) is 9.54. The van der Waals surface area contributed by atoms with Gasteiger partial charge in [-0.05, 0) is 56.0 Å². The molecule has 2 heterocycles. The summed E-state index contributed by atoms with van der Waals surface area (Å²) in [5.41, 5.74) is 3.59. The first-order valence-electron chi connectivity index (χ1n) is 12.2. The Labute approximate surface area is 211 Å². The second-order valence-electron chi connectivity index (χ2n) is 9.85. The van der Waals surface area contributed by atoms with Crippen molar-refractivity contribution in [2.75, 3.05) is 17.9 Å². The van der Waals surface area contributed by atoms with Crippen LogP contribution in [-0.2, 0) is 10.0 Å². The molecule has 3 aromatic rings. The van der Waals surface area contributed by atoms with Crippen molar-refractivity contribution in [2.24, 2.45) is 5.41 Å². The monoisotopic (exact) mass is 506 g/mol. The number of rotatable bonds is 1. The third-order valence-electron chi connectivity index (χ3n) is 7.14. The van der Waals surface area contributed by atoms with Crippen molar-refractivity contribution in [3.8, 4) is 17.1 Å². The summed E-state index contributed by atoms with van der Waals surface area (Å²) in [6, 6.07) is 13.7. The van der Waals surface area contributed by atoms with Gasteiger partial charge in [0.1, 0.15) is 0 Å². The van der Waals surface area contributed by atoms with Crippen molar-refractivity contribution in [1.29, 1.82) is 0 Å². The summed E-state index contributed by atoms with van der Waals surface area (Å²) in [6.45, 7) is 4.80. The van der Waals surface area contributed by atoms with Crippen molar-refractivity contribution in [3.05, 3.63) is 65.2 Å². The van der Waals surface area contributed by atoms with Crippen molar-refractivity contribution in [1.82, 2.24) is 15.3 Å². The van der Waals surface area contributed by atoms with Gasteiger partial charge in [0.2, 0.25) is 11.8 Å². The fraction of sp³-hybridized carbons (Fsp3) is 0.370. The summed E-state index contributed by atoms with van der Waals surface area (Å²) in [7, 11) is -4.05. The highest BCUT2D eigenvalue weighted by Crippen LogP contribution is 2.37. The maximum absolute atomic E-state index is 13.2. The predicted molar refractivity (Wildman–Crippen MR) is 138 cm³/mol. The van der Waals surface area contributed by atoms with E-state index in [1.807, 2.05) is 32.0 Å². The topological polar surface area (TPSA) is 110 Å². The first kappa shape index (κ1) is 24.2. The normalized spacial score (nSPS) is 18.9. The number of hydrogen-bond donors (Lipinski definition) is 2. The van der Waals surface area contributed by atoms with E-state index < -0.39 is 10.0 Å². The summed E-state index contributed by atoms with van der Waals surface area (Å²) in [5.74, 6) is -0.0849. The van der Waals surface area contributed by atoms with Gasteiger partial charge in [-0.1, -0.05) is 43.5 Å². The average molecular weight is 507 g/mol. The highest BCUT2D eigenvalue weighted by molar-refractivity contribution is 7.92. The molecule has 1 aliphatic heterocycles. The molecule has 1 amide bonds. The van der Waals surface area contributed by atoms with E-state index in [1.54, 1.807) is 18.2 Å². The molecule has 1 spiro atoms. The number of benzene rings is 2. The Morgan fingerprint density at radius 2 is 1.67 bits per heavy atom. The second-order valence-corrected chi connectivity index (χ2v) is 11.5. The van der Waals surface area contributed by atoms with Gasteiger partial charge in [-0.3, -0.25) is 4.79 Å². The Hall–Kier alpha value is -3.46. The van der Waals surface area contributed by atoms with E-state index in [4.69, 9.17) is 4.74 Å². The van der Waals surface area contributed by atoms with Crippen LogP contribution in [-0.4, -0.2) is 37.4 Å². The van der Waals surface area contributed by atoms with Crippen LogP contribution in [0.4, 0.5) is 5.95 Å². The Bertz CT molecular complexity index is 1390. The summed E-state index contributed by atoms with van der Waals surface area (Å²) in [5, 5.41) is 3.03. The van der Waals surface area contributed by atoms with E-state index in [2.05, 4.69) is 20.0 Å². The standard InChI is InChI=1S/C27H30N4O4S/c1-18-8-6-9-19(2)24(18)22-15-23-30-26(29-22)31-36(33,34)21-11-7-10-20(14-21)25(32)28-16-27(17-35-23)12-4-3-5-13-27/h6-11,14-15H,3-5,12-13,16-17H2,1-2H3,(H,28,32)(H,29,30,31).